The number of nitrogens with one attached hydrogen (secondary N) is 1. The first kappa shape index (κ1) is 13.9. The van der Waals surface area contributed by atoms with Crippen molar-refractivity contribution in [1.29, 1.82) is 0 Å². The number of aromatic amines is 1. The highest BCUT2D eigenvalue weighted by Gasteiger charge is 2.35. The van der Waals surface area contributed by atoms with Crippen LogP contribution in [0.3, 0.4) is 0 Å². The zero-order chi connectivity index (χ0) is 14.2. The van der Waals surface area contributed by atoms with Crippen LogP contribution in [0.5, 0.6) is 0 Å². The van der Waals surface area contributed by atoms with Gasteiger partial charge in [0.25, 0.3) is 0 Å². The molecule has 2 heterocycles. The summed E-state index contributed by atoms with van der Waals surface area (Å²) in [5.74, 6) is 6.38. The fourth-order valence-corrected chi connectivity index (χ4v) is 2.27. The van der Waals surface area contributed by atoms with Gasteiger partial charge in [-0.3, -0.25) is 10.00 Å². The molecule has 1 saturated heterocycles. The van der Waals surface area contributed by atoms with Gasteiger partial charge in [0.2, 0.25) is 4.77 Å². The van der Waals surface area contributed by atoms with Crippen molar-refractivity contribution >= 4 is 18.3 Å². The summed E-state index contributed by atoms with van der Waals surface area (Å²) in [7, 11) is 0. The second-order valence-electron chi connectivity index (χ2n) is 5.59. The first-order chi connectivity index (χ1) is 8.79. The van der Waals surface area contributed by atoms with Crippen molar-refractivity contribution in [2.24, 2.45) is 0 Å². The number of carbonyl (C=O) groups is 1. The van der Waals surface area contributed by atoms with E-state index in [-0.39, 0.29) is 12.1 Å². The quantitative estimate of drug-likeness (QED) is 0.606. The van der Waals surface area contributed by atoms with E-state index in [0.29, 0.717) is 17.1 Å². The second kappa shape index (κ2) is 4.84. The highest BCUT2D eigenvalue weighted by atomic mass is 32.1. The van der Waals surface area contributed by atoms with E-state index in [4.69, 9.17) is 22.8 Å². The van der Waals surface area contributed by atoms with Gasteiger partial charge >= 0.3 is 6.09 Å². The van der Waals surface area contributed by atoms with Crippen molar-refractivity contribution in [2.75, 3.05) is 12.4 Å². The minimum atomic E-state index is -0.516. The summed E-state index contributed by atoms with van der Waals surface area (Å²) in [6.45, 7) is 6.16. The summed E-state index contributed by atoms with van der Waals surface area (Å²) >= 11 is 4.99. The number of hydrogen-bond donors (Lipinski definition) is 2. The van der Waals surface area contributed by atoms with Crippen LogP contribution in [-0.2, 0) is 4.74 Å². The third kappa shape index (κ3) is 2.89. The average Bonchev–Trinajstić information content (AvgIpc) is 2.85. The van der Waals surface area contributed by atoms with Crippen molar-refractivity contribution in [3.05, 3.63) is 10.6 Å². The topological polar surface area (TPSA) is 89.2 Å². The molecule has 1 aliphatic rings. The van der Waals surface area contributed by atoms with Gasteiger partial charge in [0.15, 0.2) is 5.82 Å². The third-order valence-electron chi connectivity index (χ3n) is 2.91. The lowest BCUT2D eigenvalue weighted by molar-refractivity contribution is 0.0216. The van der Waals surface area contributed by atoms with E-state index in [1.807, 2.05) is 20.8 Å². The highest BCUT2D eigenvalue weighted by Crippen LogP contribution is 2.31. The minimum Gasteiger partial charge on any atom is -0.444 e. The van der Waals surface area contributed by atoms with Crippen LogP contribution < -0.4 is 5.84 Å². The van der Waals surface area contributed by atoms with Gasteiger partial charge in [-0.2, -0.15) is 5.10 Å². The maximum Gasteiger partial charge on any atom is 0.410 e. The molecule has 19 heavy (non-hydrogen) atoms. The van der Waals surface area contributed by atoms with E-state index in [1.165, 1.54) is 4.68 Å². The summed E-state index contributed by atoms with van der Waals surface area (Å²) in [6, 6.07) is -0.187. The lowest BCUT2D eigenvalue weighted by Gasteiger charge is -2.27. The Morgan fingerprint density at radius 3 is 2.79 bits per heavy atom. The molecular weight excluding hydrogens is 266 g/mol. The molecule has 1 unspecified atom stereocenters. The molecule has 1 aliphatic heterocycles. The molecule has 1 fully saturated rings. The summed E-state index contributed by atoms with van der Waals surface area (Å²) in [5.41, 5.74) is -0.516. The molecule has 1 amide bonds. The molecule has 1 aromatic heterocycles. The van der Waals surface area contributed by atoms with Crippen molar-refractivity contribution in [2.45, 2.75) is 45.3 Å². The van der Waals surface area contributed by atoms with Gasteiger partial charge in [0.05, 0.1) is 6.04 Å². The molecule has 0 aliphatic carbocycles. The van der Waals surface area contributed by atoms with E-state index in [0.717, 1.165) is 12.8 Å². The molecule has 1 aromatic rings. The van der Waals surface area contributed by atoms with Crippen LogP contribution >= 0.6 is 12.2 Å². The Balaban J connectivity index is 2.20. The number of nitrogens with two attached hydrogens (primary N) is 1. The van der Waals surface area contributed by atoms with Gasteiger partial charge in [-0.1, -0.05) is 0 Å². The number of amides is 1. The van der Waals surface area contributed by atoms with Gasteiger partial charge < -0.3 is 10.6 Å². The lowest BCUT2D eigenvalue weighted by Crippen LogP contribution is -2.37. The summed E-state index contributed by atoms with van der Waals surface area (Å²) in [5, 5.41) is 6.73. The molecule has 3 N–H and O–H groups in total. The largest absolute Gasteiger partial charge is 0.444 e. The lowest BCUT2D eigenvalue weighted by atomic mass is 10.2. The molecular formula is C11H19N5O2S. The first-order valence-electron chi connectivity index (χ1n) is 6.21. The predicted octanol–water partition coefficient (Wildman–Crippen LogP) is 1.73. The molecule has 0 radical (unpaired) electrons. The zero-order valence-corrected chi connectivity index (χ0v) is 12.2. The standard InChI is InChI=1S/C11H19N5O2S/c1-11(2,3)18-10(17)15-6-4-5-7(15)8-13-14-9(19)16(8)12/h7H,4-6,12H2,1-3H3,(H,14,19). The molecule has 0 bridgehead atoms. The number of nitrogen functional groups attached to an aromatic ring is 1. The summed E-state index contributed by atoms with van der Waals surface area (Å²) in [4.78, 5) is 13.8. The van der Waals surface area contributed by atoms with Crippen LogP contribution in [0, 0.1) is 4.77 Å². The number of ether oxygens (including phenoxy) is 1. The normalized spacial score (nSPS) is 19.7. The van der Waals surface area contributed by atoms with Crippen molar-refractivity contribution in [1.82, 2.24) is 19.8 Å². The average molecular weight is 285 g/mol. The number of H-pyrrole nitrogens is 1. The third-order valence-corrected chi connectivity index (χ3v) is 3.20. The minimum absolute atomic E-state index is 0.187. The molecule has 2 rings (SSSR count). The van der Waals surface area contributed by atoms with Crippen molar-refractivity contribution in [3.63, 3.8) is 0 Å². The Morgan fingerprint density at radius 1 is 1.58 bits per heavy atom. The molecule has 106 valence electrons. The summed E-state index contributed by atoms with van der Waals surface area (Å²) in [6.07, 6.45) is 1.35. The first-order valence-corrected chi connectivity index (χ1v) is 6.62. The van der Waals surface area contributed by atoms with E-state index >= 15 is 0 Å². The Morgan fingerprint density at radius 2 is 2.26 bits per heavy atom. The molecule has 8 heteroatoms. The Kier molecular flexibility index (Phi) is 3.53. The molecule has 0 spiro atoms. The van der Waals surface area contributed by atoms with Crippen LogP contribution in [-0.4, -0.2) is 38.0 Å². The Bertz CT molecular complexity index is 530. The highest BCUT2D eigenvalue weighted by molar-refractivity contribution is 7.71. The number of hydrogen-bond acceptors (Lipinski definition) is 5. The van der Waals surface area contributed by atoms with Gasteiger partial charge in [0, 0.05) is 6.54 Å². The summed E-state index contributed by atoms with van der Waals surface area (Å²) < 4.78 is 7.04. The van der Waals surface area contributed by atoms with Gasteiger partial charge in [-0.25, -0.2) is 9.47 Å². The van der Waals surface area contributed by atoms with Crippen LogP contribution in [0.2, 0.25) is 0 Å². The van der Waals surface area contributed by atoms with Crippen molar-refractivity contribution < 1.29 is 9.53 Å². The predicted molar refractivity (Wildman–Crippen MR) is 72.5 cm³/mol. The number of nitrogens with zero attached hydrogens (tertiary/aromatic N) is 3. The number of likely N-dealkylation sites (tertiary alicyclic amines) is 1. The number of rotatable bonds is 1. The maximum absolute atomic E-state index is 12.2. The molecule has 1 atom stereocenters. The van der Waals surface area contributed by atoms with E-state index in [1.54, 1.807) is 4.90 Å². The number of carbonyl (C=O) groups excluding carboxylic acids is 1. The zero-order valence-electron chi connectivity index (χ0n) is 11.3. The smallest absolute Gasteiger partial charge is 0.410 e. The van der Waals surface area contributed by atoms with Gasteiger partial charge in [0.1, 0.15) is 5.60 Å². The second-order valence-corrected chi connectivity index (χ2v) is 5.98. The van der Waals surface area contributed by atoms with Gasteiger partial charge in [-0.05, 0) is 45.8 Å². The van der Waals surface area contributed by atoms with Crippen LogP contribution in [0.4, 0.5) is 4.79 Å². The van der Waals surface area contributed by atoms with E-state index < -0.39 is 5.60 Å². The Hall–Kier alpha value is -1.57. The van der Waals surface area contributed by atoms with Gasteiger partial charge in [-0.15, -0.1) is 0 Å². The monoisotopic (exact) mass is 285 g/mol. The maximum atomic E-state index is 12.2. The molecule has 0 aromatic carbocycles. The Labute approximate surface area is 116 Å². The number of aromatic nitrogens is 3. The fourth-order valence-electron chi connectivity index (χ4n) is 2.13. The molecule has 7 nitrogen and oxygen atoms in total. The fraction of sp³-hybridized carbons (Fsp3) is 0.727. The van der Waals surface area contributed by atoms with Crippen LogP contribution in [0.25, 0.3) is 0 Å². The van der Waals surface area contributed by atoms with Crippen LogP contribution in [0.15, 0.2) is 0 Å². The van der Waals surface area contributed by atoms with Crippen molar-refractivity contribution in [3.8, 4) is 0 Å². The molecule has 0 saturated carbocycles. The SMILES string of the molecule is CC(C)(C)OC(=O)N1CCCC1c1n[nH]c(=S)n1N. The van der Waals surface area contributed by atoms with E-state index in [9.17, 15) is 4.79 Å². The van der Waals surface area contributed by atoms with Crippen LogP contribution in [0.1, 0.15) is 45.5 Å². The van der Waals surface area contributed by atoms with E-state index in [2.05, 4.69) is 10.2 Å².